The third-order valence-corrected chi connectivity index (χ3v) is 5.72. The van der Waals surface area contributed by atoms with E-state index in [1.54, 1.807) is 0 Å². The van der Waals surface area contributed by atoms with Gasteiger partial charge in [-0.1, -0.05) is 17.7 Å². The van der Waals surface area contributed by atoms with Gasteiger partial charge < -0.3 is 25.0 Å². The van der Waals surface area contributed by atoms with E-state index in [2.05, 4.69) is 20.3 Å². The average Bonchev–Trinajstić information content (AvgIpc) is 3.17. The Hall–Kier alpha value is -2.94. The monoisotopic (exact) mass is 463 g/mol. The summed E-state index contributed by atoms with van der Waals surface area (Å²) in [7, 11) is 0. The van der Waals surface area contributed by atoms with Crippen LogP contribution in [0.1, 0.15) is 24.5 Å². The van der Waals surface area contributed by atoms with Gasteiger partial charge in [-0.3, -0.25) is 4.79 Å². The van der Waals surface area contributed by atoms with E-state index in [1.165, 1.54) is 18.2 Å². The smallest absolute Gasteiger partial charge is 0.394 e. The van der Waals surface area contributed by atoms with Crippen molar-refractivity contribution in [2.24, 2.45) is 0 Å². The summed E-state index contributed by atoms with van der Waals surface area (Å²) >= 11 is 0. The van der Waals surface area contributed by atoms with E-state index in [1.807, 2.05) is 25.1 Å². The van der Waals surface area contributed by atoms with Gasteiger partial charge in [0.15, 0.2) is 6.10 Å². The van der Waals surface area contributed by atoms with Crippen molar-refractivity contribution in [1.29, 1.82) is 0 Å². The van der Waals surface area contributed by atoms with Gasteiger partial charge in [0.05, 0.1) is 12.2 Å². The van der Waals surface area contributed by atoms with Crippen LogP contribution >= 0.6 is 0 Å². The second-order valence-electron chi connectivity index (χ2n) is 8.64. The number of hydrogen-bond acceptors (Lipinski definition) is 5. The summed E-state index contributed by atoms with van der Waals surface area (Å²) in [4.78, 5) is 15.0. The van der Waals surface area contributed by atoms with E-state index in [0.29, 0.717) is 43.4 Å². The molecule has 1 saturated heterocycles. The Bertz CT molecular complexity index is 1010. The summed E-state index contributed by atoms with van der Waals surface area (Å²) in [6.07, 6.45) is -3.58. The Kier molecular flexibility index (Phi) is 6.69. The van der Waals surface area contributed by atoms with Gasteiger partial charge in [-0.05, 0) is 43.5 Å². The van der Waals surface area contributed by atoms with Gasteiger partial charge >= 0.3 is 6.11 Å². The first-order valence-electron chi connectivity index (χ1n) is 11.0. The normalized spacial score (nSPS) is 20.5. The van der Waals surface area contributed by atoms with Crippen molar-refractivity contribution in [2.75, 3.05) is 36.8 Å². The van der Waals surface area contributed by atoms with Crippen LogP contribution in [0.25, 0.3) is 0 Å². The summed E-state index contributed by atoms with van der Waals surface area (Å²) in [5.41, 5.74) is 3.24. The van der Waals surface area contributed by atoms with Gasteiger partial charge in [0, 0.05) is 38.3 Å². The highest BCUT2D eigenvalue weighted by Crippen LogP contribution is 2.34. The maximum absolute atomic E-state index is 13.5. The highest BCUT2D eigenvalue weighted by atomic mass is 19.3. The molecular formula is C24H28F3N3O3. The number of rotatable bonds is 7. The number of fused-ring (bicyclic) bond motifs is 1. The molecule has 1 fully saturated rings. The Morgan fingerprint density at radius 3 is 2.85 bits per heavy atom. The minimum Gasteiger partial charge on any atom is -0.477 e. The molecule has 4 rings (SSSR count). The molecule has 9 heteroatoms. The van der Waals surface area contributed by atoms with E-state index in [0.717, 1.165) is 24.2 Å². The molecule has 2 aromatic carbocycles. The molecular weight excluding hydrogens is 435 g/mol. The highest BCUT2D eigenvalue weighted by Gasteiger charge is 2.29. The number of likely N-dealkylation sites (tertiary alicyclic amines) is 1. The van der Waals surface area contributed by atoms with Gasteiger partial charge in [0.25, 0.3) is 5.91 Å². The number of hydrogen-bond donors (Lipinski definition) is 2. The third kappa shape index (κ3) is 6.10. The third-order valence-electron chi connectivity index (χ3n) is 5.72. The number of carbonyl (C=O) groups excluding carboxylic acids is 1. The molecule has 2 N–H and O–H groups in total. The van der Waals surface area contributed by atoms with Crippen molar-refractivity contribution in [2.45, 2.75) is 45.1 Å². The molecule has 6 nitrogen and oxygen atoms in total. The van der Waals surface area contributed by atoms with Gasteiger partial charge in [-0.25, -0.2) is 4.39 Å². The highest BCUT2D eigenvalue weighted by molar-refractivity contribution is 5.96. The lowest BCUT2D eigenvalue weighted by Crippen LogP contribution is -2.41. The molecule has 0 aliphatic carbocycles. The molecule has 0 saturated carbocycles. The second-order valence-corrected chi connectivity index (χ2v) is 8.64. The Morgan fingerprint density at radius 1 is 1.30 bits per heavy atom. The SMILES string of the molecule is Cc1ccc(NC(=O)C2CNc3cc(OC(C)(F)F)ccc3O2)c(CCN2CCC(F)C2)c1. The van der Waals surface area contributed by atoms with Crippen LogP contribution in [0, 0.1) is 6.92 Å². The fourth-order valence-corrected chi connectivity index (χ4v) is 4.10. The van der Waals surface area contributed by atoms with E-state index in [9.17, 15) is 18.0 Å². The molecule has 33 heavy (non-hydrogen) atoms. The maximum Gasteiger partial charge on any atom is 0.394 e. The average molecular weight is 464 g/mol. The van der Waals surface area contributed by atoms with Gasteiger partial charge in [-0.2, -0.15) is 8.78 Å². The zero-order valence-corrected chi connectivity index (χ0v) is 18.7. The van der Waals surface area contributed by atoms with Crippen LogP contribution < -0.4 is 20.1 Å². The van der Waals surface area contributed by atoms with Gasteiger partial charge in [-0.15, -0.1) is 0 Å². The van der Waals surface area contributed by atoms with Crippen LogP contribution in [0.2, 0.25) is 0 Å². The summed E-state index contributed by atoms with van der Waals surface area (Å²) in [6, 6.07) is 10.1. The minimum atomic E-state index is -3.29. The van der Waals surface area contributed by atoms with E-state index in [-0.39, 0.29) is 18.2 Å². The Balaban J connectivity index is 1.39. The molecule has 2 aliphatic rings. The largest absolute Gasteiger partial charge is 0.477 e. The molecule has 2 unspecified atom stereocenters. The molecule has 178 valence electrons. The van der Waals surface area contributed by atoms with Crippen LogP contribution in [0.5, 0.6) is 11.5 Å². The summed E-state index contributed by atoms with van der Waals surface area (Å²) in [6.45, 7) is 4.76. The number of alkyl halides is 3. The van der Waals surface area contributed by atoms with Crippen molar-refractivity contribution in [3.63, 3.8) is 0 Å². The van der Waals surface area contributed by atoms with E-state index in [4.69, 9.17) is 4.74 Å². The summed E-state index contributed by atoms with van der Waals surface area (Å²) in [5, 5.41) is 5.99. The molecule has 1 amide bonds. The topological polar surface area (TPSA) is 62.8 Å². The van der Waals surface area contributed by atoms with Gasteiger partial charge in [0.2, 0.25) is 0 Å². The number of nitrogens with zero attached hydrogens (tertiary/aromatic N) is 1. The number of anilines is 2. The Morgan fingerprint density at radius 2 is 2.12 bits per heavy atom. The van der Waals surface area contributed by atoms with Crippen LogP contribution in [-0.2, 0) is 11.2 Å². The Labute approximate surface area is 191 Å². The molecule has 0 radical (unpaired) electrons. The maximum atomic E-state index is 13.5. The lowest BCUT2D eigenvalue weighted by atomic mass is 10.1. The van der Waals surface area contributed by atoms with Crippen molar-refractivity contribution in [3.05, 3.63) is 47.5 Å². The number of halogens is 3. The molecule has 2 aromatic rings. The molecule has 0 bridgehead atoms. The minimum absolute atomic E-state index is 0.00151. The fraction of sp³-hybridized carbons (Fsp3) is 0.458. The number of carbonyl (C=O) groups is 1. The fourth-order valence-electron chi connectivity index (χ4n) is 4.10. The zero-order chi connectivity index (χ0) is 23.6. The number of benzene rings is 2. The van der Waals surface area contributed by atoms with Crippen LogP contribution in [0.4, 0.5) is 24.5 Å². The van der Waals surface area contributed by atoms with Crippen molar-refractivity contribution >= 4 is 17.3 Å². The molecule has 0 aromatic heterocycles. The van der Waals surface area contributed by atoms with Crippen molar-refractivity contribution in [3.8, 4) is 11.5 Å². The first kappa shape index (κ1) is 23.2. The van der Waals surface area contributed by atoms with Crippen molar-refractivity contribution < 1.29 is 27.4 Å². The zero-order valence-electron chi connectivity index (χ0n) is 18.7. The number of ether oxygens (including phenoxy) is 2. The van der Waals surface area contributed by atoms with Gasteiger partial charge in [0.1, 0.15) is 17.7 Å². The van der Waals surface area contributed by atoms with E-state index >= 15 is 0 Å². The van der Waals surface area contributed by atoms with Crippen molar-refractivity contribution in [1.82, 2.24) is 4.90 Å². The summed E-state index contributed by atoms with van der Waals surface area (Å²) in [5.74, 6) is 0.0670. The molecule has 0 spiro atoms. The number of amides is 1. The first-order valence-corrected chi connectivity index (χ1v) is 11.0. The van der Waals surface area contributed by atoms with Crippen LogP contribution in [-0.4, -0.2) is 55.4 Å². The molecule has 2 heterocycles. The number of nitrogens with one attached hydrogen (secondary N) is 2. The first-order chi connectivity index (χ1) is 15.7. The second kappa shape index (κ2) is 9.51. The van der Waals surface area contributed by atoms with Crippen LogP contribution in [0.15, 0.2) is 36.4 Å². The lowest BCUT2D eigenvalue weighted by molar-refractivity contribution is -0.158. The predicted octanol–water partition coefficient (Wildman–Crippen LogP) is 4.38. The standard InChI is InChI=1S/C24H28F3N3O3/c1-15-3-5-19(16(11-15)7-9-30-10-8-17(25)14-30)29-23(31)22-13-28-20-12-18(33-24(2,26)27)4-6-21(20)32-22/h3-6,11-12,17,22,28H,7-10,13-14H2,1-2H3,(H,29,31). The summed E-state index contributed by atoms with van der Waals surface area (Å²) < 4.78 is 50.0. The lowest BCUT2D eigenvalue weighted by Gasteiger charge is -2.27. The quantitative estimate of drug-likeness (QED) is 0.638. The predicted molar refractivity (Wildman–Crippen MR) is 120 cm³/mol. The number of aryl methyl sites for hydroxylation is 1. The van der Waals surface area contributed by atoms with Crippen LogP contribution in [0.3, 0.4) is 0 Å². The molecule has 2 aliphatic heterocycles. The van der Waals surface area contributed by atoms with E-state index < -0.39 is 18.4 Å². The molecule has 2 atom stereocenters.